The largest absolute Gasteiger partial charge is 0.494 e. The predicted octanol–water partition coefficient (Wildman–Crippen LogP) is 1.35. The highest BCUT2D eigenvalue weighted by Crippen LogP contribution is 2.34. The summed E-state index contributed by atoms with van der Waals surface area (Å²) in [5.74, 6) is -0.280. The Labute approximate surface area is 161 Å². The van der Waals surface area contributed by atoms with E-state index in [1.54, 1.807) is 12.0 Å². The number of carbonyl (C=O) groups excluding carboxylic acids is 3. The van der Waals surface area contributed by atoms with Crippen LogP contribution in [0.2, 0.25) is 0 Å². The maximum absolute atomic E-state index is 12.9. The summed E-state index contributed by atoms with van der Waals surface area (Å²) in [4.78, 5) is 45.8. The van der Waals surface area contributed by atoms with Gasteiger partial charge in [-0.2, -0.15) is 0 Å². The first-order chi connectivity index (χ1) is 12.9. The second-order valence-corrected chi connectivity index (χ2v) is 7.53. The van der Waals surface area contributed by atoms with Gasteiger partial charge in [0.1, 0.15) is 17.8 Å². The third-order valence-corrected chi connectivity index (χ3v) is 5.39. The zero-order valence-electron chi connectivity index (χ0n) is 15.6. The number of nitrogens with zero attached hydrogens (tertiary/aromatic N) is 4. The van der Waals surface area contributed by atoms with Crippen molar-refractivity contribution in [3.63, 3.8) is 0 Å². The number of imide groups is 1. The molecule has 1 aliphatic rings. The molecule has 0 atom stereocenters. The number of para-hydroxylation sites is 1. The van der Waals surface area contributed by atoms with Gasteiger partial charge in [-0.15, -0.1) is 0 Å². The molecule has 2 aromatic rings. The van der Waals surface area contributed by atoms with E-state index in [0.29, 0.717) is 29.5 Å². The number of likely N-dealkylation sites (tertiary alicyclic amines) is 1. The molecular weight excluding hydrogens is 368 g/mol. The van der Waals surface area contributed by atoms with E-state index in [-0.39, 0.29) is 37.1 Å². The highest BCUT2D eigenvalue weighted by molar-refractivity contribution is 7.22. The minimum absolute atomic E-state index is 0.169. The molecule has 9 heteroatoms. The molecule has 144 valence electrons. The van der Waals surface area contributed by atoms with Gasteiger partial charge in [0.2, 0.25) is 17.7 Å². The molecule has 3 rings (SSSR count). The van der Waals surface area contributed by atoms with Crippen LogP contribution in [-0.4, -0.2) is 73.3 Å². The fourth-order valence-electron chi connectivity index (χ4n) is 2.84. The Morgan fingerprint density at radius 1 is 1.22 bits per heavy atom. The van der Waals surface area contributed by atoms with Crippen LogP contribution >= 0.6 is 11.3 Å². The van der Waals surface area contributed by atoms with Crippen LogP contribution in [0, 0.1) is 0 Å². The molecule has 1 aliphatic heterocycles. The Balaban J connectivity index is 1.89. The summed E-state index contributed by atoms with van der Waals surface area (Å²) in [5.41, 5.74) is 0.691. The Kier molecular flexibility index (Phi) is 5.71. The number of aromatic nitrogens is 1. The average molecular weight is 390 g/mol. The third kappa shape index (κ3) is 4.09. The van der Waals surface area contributed by atoms with Crippen LogP contribution in [0.1, 0.15) is 12.8 Å². The van der Waals surface area contributed by atoms with Crippen molar-refractivity contribution in [3.05, 3.63) is 18.2 Å². The number of rotatable bonds is 7. The van der Waals surface area contributed by atoms with E-state index < -0.39 is 0 Å². The minimum atomic E-state index is -0.321. The smallest absolute Gasteiger partial charge is 0.248 e. The average Bonchev–Trinajstić information content (AvgIpc) is 3.19. The van der Waals surface area contributed by atoms with Crippen LogP contribution < -0.4 is 9.64 Å². The number of hydrogen-bond acceptors (Lipinski definition) is 7. The van der Waals surface area contributed by atoms with Crippen LogP contribution in [0.4, 0.5) is 5.13 Å². The van der Waals surface area contributed by atoms with Gasteiger partial charge in [0.15, 0.2) is 5.13 Å². The van der Waals surface area contributed by atoms with Gasteiger partial charge in [-0.1, -0.05) is 17.4 Å². The first kappa shape index (κ1) is 19.2. The standard InChI is InChI=1S/C18H22N4O4S/c1-20(2)9-10-21(16(25)11-22-14(23)7-8-15(22)24)18-19-17-12(26-3)5-4-6-13(17)27-18/h4-6H,7-11H2,1-3H3. The topological polar surface area (TPSA) is 83.0 Å². The summed E-state index contributed by atoms with van der Waals surface area (Å²) >= 11 is 1.38. The molecule has 0 saturated carbocycles. The number of amides is 3. The van der Waals surface area contributed by atoms with E-state index in [0.717, 1.165) is 9.60 Å². The van der Waals surface area contributed by atoms with E-state index in [4.69, 9.17) is 4.74 Å². The Morgan fingerprint density at radius 3 is 2.56 bits per heavy atom. The van der Waals surface area contributed by atoms with E-state index in [2.05, 4.69) is 4.98 Å². The quantitative estimate of drug-likeness (QED) is 0.664. The second kappa shape index (κ2) is 8.01. The van der Waals surface area contributed by atoms with Crippen LogP contribution in [0.5, 0.6) is 5.75 Å². The highest BCUT2D eigenvalue weighted by atomic mass is 32.1. The molecule has 0 spiro atoms. The fourth-order valence-corrected chi connectivity index (χ4v) is 3.87. The number of carbonyl (C=O) groups is 3. The molecule has 1 aromatic carbocycles. The third-order valence-electron chi connectivity index (χ3n) is 4.34. The molecule has 2 heterocycles. The molecule has 0 aliphatic carbocycles. The molecule has 1 saturated heterocycles. The zero-order chi connectivity index (χ0) is 19.6. The number of likely N-dealkylation sites (N-methyl/N-ethyl adjacent to an activating group) is 1. The van der Waals surface area contributed by atoms with Crippen LogP contribution in [-0.2, 0) is 14.4 Å². The first-order valence-corrected chi connectivity index (χ1v) is 9.44. The molecule has 0 radical (unpaired) electrons. The summed E-state index contributed by atoms with van der Waals surface area (Å²) in [5, 5.41) is 0.528. The van der Waals surface area contributed by atoms with Gasteiger partial charge in [-0.05, 0) is 26.2 Å². The SMILES string of the molecule is COc1cccc2sc(N(CCN(C)C)C(=O)CN3C(=O)CCC3=O)nc12. The summed E-state index contributed by atoms with van der Waals surface area (Å²) < 4.78 is 6.25. The summed E-state index contributed by atoms with van der Waals surface area (Å²) in [6.07, 6.45) is 0.338. The van der Waals surface area contributed by atoms with Crippen molar-refractivity contribution in [2.75, 3.05) is 45.7 Å². The molecular formula is C18H22N4O4S. The normalized spacial score (nSPS) is 14.4. The fraction of sp³-hybridized carbons (Fsp3) is 0.444. The van der Waals surface area contributed by atoms with Crippen molar-refractivity contribution in [2.45, 2.75) is 12.8 Å². The number of fused-ring (bicyclic) bond motifs is 1. The van der Waals surface area contributed by atoms with Gasteiger partial charge < -0.3 is 9.64 Å². The summed E-state index contributed by atoms with van der Waals surface area (Å²) in [6, 6.07) is 5.61. The second-order valence-electron chi connectivity index (χ2n) is 6.53. The summed E-state index contributed by atoms with van der Waals surface area (Å²) in [7, 11) is 5.41. The lowest BCUT2D eigenvalue weighted by molar-refractivity contribution is -0.141. The number of ether oxygens (including phenoxy) is 1. The minimum Gasteiger partial charge on any atom is -0.494 e. The Morgan fingerprint density at radius 2 is 1.93 bits per heavy atom. The van der Waals surface area contributed by atoms with Crippen molar-refractivity contribution < 1.29 is 19.1 Å². The van der Waals surface area contributed by atoms with Crippen LogP contribution in [0.25, 0.3) is 10.2 Å². The lowest BCUT2D eigenvalue weighted by Crippen LogP contribution is -2.44. The van der Waals surface area contributed by atoms with Gasteiger partial charge >= 0.3 is 0 Å². The van der Waals surface area contributed by atoms with E-state index in [1.807, 2.05) is 37.2 Å². The van der Waals surface area contributed by atoms with Gasteiger partial charge in [-0.3, -0.25) is 24.2 Å². The molecule has 27 heavy (non-hydrogen) atoms. The number of thiazole rings is 1. The predicted molar refractivity (Wildman–Crippen MR) is 103 cm³/mol. The van der Waals surface area contributed by atoms with Crippen molar-refractivity contribution in [1.82, 2.24) is 14.8 Å². The van der Waals surface area contributed by atoms with Crippen molar-refractivity contribution in [2.24, 2.45) is 0 Å². The maximum Gasteiger partial charge on any atom is 0.248 e. The van der Waals surface area contributed by atoms with E-state index in [9.17, 15) is 14.4 Å². The highest BCUT2D eigenvalue weighted by Gasteiger charge is 2.32. The molecule has 0 bridgehead atoms. The van der Waals surface area contributed by atoms with E-state index in [1.165, 1.54) is 11.3 Å². The maximum atomic E-state index is 12.9. The lowest BCUT2D eigenvalue weighted by Gasteiger charge is -2.24. The molecule has 1 fully saturated rings. The lowest BCUT2D eigenvalue weighted by atomic mass is 10.3. The van der Waals surface area contributed by atoms with Gasteiger partial charge in [0.05, 0.1) is 11.8 Å². The van der Waals surface area contributed by atoms with Crippen LogP contribution in [0.15, 0.2) is 18.2 Å². The molecule has 0 unspecified atom stereocenters. The number of methoxy groups -OCH3 is 1. The molecule has 0 N–H and O–H groups in total. The first-order valence-electron chi connectivity index (χ1n) is 8.62. The van der Waals surface area contributed by atoms with Crippen molar-refractivity contribution in [1.29, 1.82) is 0 Å². The van der Waals surface area contributed by atoms with Gasteiger partial charge in [0, 0.05) is 25.9 Å². The Hall–Kier alpha value is -2.52. The number of hydrogen-bond donors (Lipinski definition) is 0. The van der Waals surface area contributed by atoms with Gasteiger partial charge in [0.25, 0.3) is 0 Å². The van der Waals surface area contributed by atoms with Crippen molar-refractivity contribution in [3.8, 4) is 5.75 Å². The molecule has 8 nitrogen and oxygen atoms in total. The molecule has 3 amide bonds. The number of benzene rings is 1. The Bertz CT molecular complexity index is 863. The monoisotopic (exact) mass is 390 g/mol. The molecule has 1 aromatic heterocycles. The zero-order valence-corrected chi connectivity index (χ0v) is 16.4. The van der Waals surface area contributed by atoms with Gasteiger partial charge in [-0.25, -0.2) is 4.98 Å². The number of anilines is 1. The van der Waals surface area contributed by atoms with E-state index >= 15 is 0 Å². The summed E-state index contributed by atoms with van der Waals surface area (Å²) in [6.45, 7) is 0.781. The van der Waals surface area contributed by atoms with Crippen LogP contribution in [0.3, 0.4) is 0 Å². The van der Waals surface area contributed by atoms with Crippen molar-refractivity contribution >= 4 is 44.4 Å².